The zero-order valence-corrected chi connectivity index (χ0v) is 15.7. The summed E-state index contributed by atoms with van der Waals surface area (Å²) in [7, 11) is 3.24. The smallest absolute Gasteiger partial charge is 0.261 e. The van der Waals surface area contributed by atoms with Gasteiger partial charge in [-0.1, -0.05) is 0 Å². The first-order chi connectivity index (χ1) is 12.2. The summed E-state index contributed by atoms with van der Waals surface area (Å²) in [6.45, 7) is 4.64. The minimum atomic E-state index is -0.0340. The fourth-order valence-electron chi connectivity index (χ4n) is 3.10. The van der Waals surface area contributed by atoms with Gasteiger partial charge >= 0.3 is 0 Å². The molecule has 0 unspecified atom stereocenters. The Morgan fingerprint density at radius 1 is 1.28 bits per heavy atom. The first-order valence-corrected chi connectivity index (χ1v) is 9.34. The Morgan fingerprint density at radius 2 is 2.12 bits per heavy atom. The number of ether oxygens (including phenoxy) is 2. The highest BCUT2D eigenvalue weighted by Crippen LogP contribution is 2.35. The SMILES string of the molecule is CCN1CCCc2cc(C(=O)NCc3ccc(OC)cc3OC)sc21. The second kappa shape index (κ2) is 7.78. The number of hydrogen-bond donors (Lipinski definition) is 1. The van der Waals surface area contributed by atoms with Crippen molar-refractivity contribution in [3.05, 3.63) is 40.3 Å². The third-order valence-corrected chi connectivity index (χ3v) is 5.72. The van der Waals surface area contributed by atoms with Crippen LogP contribution in [-0.4, -0.2) is 33.2 Å². The average molecular weight is 360 g/mol. The number of carbonyl (C=O) groups excluding carboxylic acids is 1. The van der Waals surface area contributed by atoms with Crippen molar-refractivity contribution in [3.8, 4) is 11.5 Å². The second-order valence-electron chi connectivity index (χ2n) is 5.98. The Balaban J connectivity index is 1.70. The van der Waals surface area contributed by atoms with E-state index in [9.17, 15) is 4.79 Å². The van der Waals surface area contributed by atoms with Gasteiger partial charge in [0, 0.05) is 31.3 Å². The minimum Gasteiger partial charge on any atom is -0.497 e. The number of nitrogens with one attached hydrogen (secondary N) is 1. The van der Waals surface area contributed by atoms with Crippen LogP contribution >= 0.6 is 11.3 Å². The highest BCUT2D eigenvalue weighted by atomic mass is 32.1. The van der Waals surface area contributed by atoms with Gasteiger partial charge in [-0.15, -0.1) is 11.3 Å². The number of fused-ring (bicyclic) bond motifs is 1. The Kier molecular flexibility index (Phi) is 5.48. The zero-order valence-electron chi connectivity index (χ0n) is 14.9. The van der Waals surface area contributed by atoms with Crippen molar-refractivity contribution in [2.24, 2.45) is 0 Å². The molecule has 1 amide bonds. The van der Waals surface area contributed by atoms with Crippen LogP contribution in [0.5, 0.6) is 11.5 Å². The van der Waals surface area contributed by atoms with Gasteiger partial charge in [-0.3, -0.25) is 4.79 Å². The number of carbonyl (C=O) groups is 1. The van der Waals surface area contributed by atoms with Crippen LogP contribution in [0, 0.1) is 0 Å². The normalized spacial score (nSPS) is 13.3. The molecule has 1 aromatic heterocycles. The molecule has 0 atom stereocenters. The Morgan fingerprint density at radius 3 is 2.84 bits per heavy atom. The summed E-state index contributed by atoms with van der Waals surface area (Å²) >= 11 is 1.59. The summed E-state index contributed by atoms with van der Waals surface area (Å²) in [6, 6.07) is 7.65. The van der Waals surface area contributed by atoms with E-state index in [0.29, 0.717) is 12.3 Å². The third-order valence-electron chi connectivity index (χ3n) is 4.49. The van der Waals surface area contributed by atoms with Crippen molar-refractivity contribution in [2.45, 2.75) is 26.3 Å². The molecule has 0 aliphatic carbocycles. The van der Waals surface area contributed by atoms with Crippen LogP contribution in [0.15, 0.2) is 24.3 Å². The number of aryl methyl sites for hydroxylation is 1. The Labute approximate surface area is 152 Å². The highest BCUT2D eigenvalue weighted by molar-refractivity contribution is 7.18. The standard InChI is InChI=1S/C19H24N2O3S/c1-4-21-9-5-6-13-10-17(25-19(13)21)18(22)20-12-14-7-8-15(23-2)11-16(14)24-3/h7-8,10-11H,4-6,9,12H2,1-3H3,(H,20,22). The van der Waals surface area contributed by atoms with E-state index >= 15 is 0 Å². The van der Waals surface area contributed by atoms with Crippen molar-refractivity contribution < 1.29 is 14.3 Å². The van der Waals surface area contributed by atoms with Gasteiger partial charge in [0.15, 0.2) is 0 Å². The highest BCUT2D eigenvalue weighted by Gasteiger charge is 2.21. The minimum absolute atomic E-state index is 0.0340. The van der Waals surface area contributed by atoms with Crippen molar-refractivity contribution in [1.82, 2.24) is 5.32 Å². The van der Waals surface area contributed by atoms with Crippen molar-refractivity contribution in [2.75, 3.05) is 32.2 Å². The lowest BCUT2D eigenvalue weighted by Crippen LogP contribution is -2.27. The van der Waals surface area contributed by atoms with Crippen LogP contribution in [-0.2, 0) is 13.0 Å². The van der Waals surface area contributed by atoms with Crippen molar-refractivity contribution in [1.29, 1.82) is 0 Å². The maximum atomic E-state index is 12.6. The van der Waals surface area contributed by atoms with E-state index in [-0.39, 0.29) is 5.91 Å². The topological polar surface area (TPSA) is 50.8 Å². The van der Waals surface area contributed by atoms with Gasteiger partial charge in [0.2, 0.25) is 0 Å². The molecule has 25 heavy (non-hydrogen) atoms. The van der Waals surface area contributed by atoms with Crippen LogP contribution < -0.4 is 19.7 Å². The summed E-state index contributed by atoms with van der Waals surface area (Å²) in [5.41, 5.74) is 2.22. The largest absolute Gasteiger partial charge is 0.497 e. The van der Waals surface area contributed by atoms with E-state index in [2.05, 4.69) is 17.1 Å². The molecule has 134 valence electrons. The van der Waals surface area contributed by atoms with Crippen molar-refractivity contribution >= 4 is 22.2 Å². The first kappa shape index (κ1) is 17.6. The molecular formula is C19H24N2O3S. The maximum absolute atomic E-state index is 12.6. The van der Waals surface area contributed by atoms with E-state index in [1.54, 1.807) is 25.6 Å². The van der Waals surface area contributed by atoms with E-state index < -0.39 is 0 Å². The van der Waals surface area contributed by atoms with Crippen LogP contribution in [0.25, 0.3) is 0 Å². The quantitative estimate of drug-likeness (QED) is 0.857. The van der Waals surface area contributed by atoms with Crippen LogP contribution in [0.1, 0.15) is 34.1 Å². The predicted octanol–water partition coefficient (Wildman–Crippen LogP) is 3.47. The number of methoxy groups -OCH3 is 2. The molecule has 0 saturated carbocycles. The number of thiophene rings is 1. The predicted molar refractivity (Wildman–Crippen MR) is 101 cm³/mol. The third kappa shape index (κ3) is 3.74. The number of hydrogen-bond acceptors (Lipinski definition) is 5. The molecule has 1 aromatic carbocycles. The van der Waals surface area contributed by atoms with Crippen LogP contribution in [0.3, 0.4) is 0 Å². The molecule has 1 N–H and O–H groups in total. The van der Waals surface area contributed by atoms with E-state index in [1.165, 1.54) is 10.6 Å². The molecule has 0 fully saturated rings. The van der Waals surface area contributed by atoms with Gasteiger partial charge in [0.05, 0.1) is 24.1 Å². The first-order valence-electron chi connectivity index (χ1n) is 8.53. The lowest BCUT2D eigenvalue weighted by molar-refractivity contribution is 0.0954. The lowest BCUT2D eigenvalue weighted by atomic mass is 10.1. The van der Waals surface area contributed by atoms with Gasteiger partial charge in [-0.05, 0) is 43.5 Å². The number of rotatable bonds is 6. The monoisotopic (exact) mass is 360 g/mol. The van der Waals surface area contributed by atoms with Crippen LogP contribution in [0.4, 0.5) is 5.00 Å². The van der Waals surface area contributed by atoms with E-state index in [4.69, 9.17) is 9.47 Å². The summed E-state index contributed by atoms with van der Waals surface area (Å²) in [4.78, 5) is 15.7. The van der Waals surface area contributed by atoms with Gasteiger partial charge in [-0.25, -0.2) is 0 Å². The van der Waals surface area contributed by atoms with Crippen molar-refractivity contribution in [3.63, 3.8) is 0 Å². The number of anilines is 1. The molecule has 1 aliphatic heterocycles. The van der Waals surface area contributed by atoms with E-state index in [1.807, 2.05) is 24.3 Å². The summed E-state index contributed by atoms with van der Waals surface area (Å²) in [6.07, 6.45) is 2.21. The summed E-state index contributed by atoms with van der Waals surface area (Å²) < 4.78 is 10.6. The Hall–Kier alpha value is -2.21. The molecule has 3 rings (SSSR count). The molecular weight excluding hydrogens is 336 g/mol. The lowest BCUT2D eigenvalue weighted by Gasteiger charge is -2.26. The number of amides is 1. The Bertz CT molecular complexity index is 757. The number of nitrogens with zero attached hydrogens (tertiary/aromatic N) is 1. The molecule has 5 nitrogen and oxygen atoms in total. The van der Waals surface area contributed by atoms with Crippen LogP contribution in [0.2, 0.25) is 0 Å². The van der Waals surface area contributed by atoms with Gasteiger partial charge in [-0.2, -0.15) is 0 Å². The summed E-state index contributed by atoms with van der Waals surface area (Å²) in [5, 5.41) is 4.25. The maximum Gasteiger partial charge on any atom is 0.261 e. The fourth-order valence-corrected chi connectivity index (χ4v) is 4.32. The zero-order chi connectivity index (χ0) is 17.8. The molecule has 2 aromatic rings. The van der Waals surface area contributed by atoms with E-state index in [0.717, 1.165) is 42.1 Å². The molecule has 0 bridgehead atoms. The molecule has 1 aliphatic rings. The average Bonchev–Trinajstić information content (AvgIpc) is 3.10. The molecule has 0 spiro atoms. The van der Waals surface area contributed by atoms with Gasteiger partial charge < -0.3 is 19.7 Å². The molecule has 2 heterocycles. The summed E-state index contributed by atoms with van der Waals surface area (Å²) in [5.74, 6) is 1.41. The number of benzene rings is 1. The van der Waals surface area contributed by atoms with Gasteiger partial charge in [0.1, 0.15) is 11.5 Å². The van der Waals surface area contributed by atoms with Gasteiger partial charge in [0.25, 0.3) is 5.91 Å². The fraction of sp³-hybridized carbons (Fsp3) is 0.421. The molecule has 6 heteroatoms. The second-order valence-corrected chi connectivity index (χ2v) is 7.02. The molecule has 0 saturated heterocycles. The molecule has 0 radical (unpaired) electrons.